The molecule has 0 bridgehead atoms. The standard InChI is InChI=1S/C18H25BrClN3O3/c1-11-8-13(19)14(20)9-15(11)22-16(24)23-7-5-6-12(10-23)21-17(25)26-18(2,3)4/h8-9,12H,5-7,10H2,1-4H3,(H,21,25)(H,22,24). The second-order valence-corrected chi connectivity index (χ2v) is 8.70. The van der Waals surface area contributed by atoms with E-state index in [2.05, 4.69) is 26.6 Å². The van der Waals surface area contributed by atoms with Gasteiger partial charge in [-0.2, -0.15) is 0 Å². The molecule has 0 saturated carbocycles. The van der Waals surface area contributed by atoms with Crippen LogP contribution >= 0.6 is 27.5 Å². The van der Waals surface area contributed by atoms with Crippen LogP contribution in [0.5, 0.6) is 0 Å². The van der Waals surface area contributed by atoms with Crippen LogP contribution in [0, 0.1) is 6.92 Å². The molecule has 1 aromatic rings. The number of ether oxygens (including phenoxy) is 1. The number of nitrogens with zero attached hydrogens (tertiary/aromatic N) is 1. The Kier molecular flexibility index (Phi) is 6.80. The third kappa shape index (κ3) is 6.06. The van der Waals surface area contributed by atoms with Gasteiger partial charge >= 0.3 is 12.1 Å². The summed E-state index contributed by atoms with van der Waals surface area (Å²) in [6.07, 6.45) is 1.17. The summed E-state index contributed by atoms with van der Waals surface area (Å²) < 4.78 is 6.07. The topological polar surface area (TPSA) is 70.7 Å². The van der Waals surface area contributed by atoms with Crippen molar-refractivity contribution in [2.45, 2.75) is 52.2 Å². The lowest BCUT2D eigenvalue weighted by Gasteiger charge is -2.33. The Labute approximate surface area is 167 Å². The highest BCUT2D eigenvalue weighted by molar-refractivity contribution is 9.10. The lowest BCUT2D eigenvalue weighted by molar-refractivity contribution is 0.0480. The Morgan fingerprint density at radius 3 is 2.69 bits per heavy atom. The fourth-order valence-corrected chi connectivity index (χ4v) is 3.35. The highest BCUT2D eigenvalue weighted by Gasteiger charge is 2.27. The summed E-state index contributed by atoms with van der Waals surface area (Å²) >= 11 is 9.48. The van der Waals surface area contributed by atoms with E-state index >= 15 is 0 Å². The summed E-state index contributed by atoms with van der Waals surface area (Å²) in [4.78, 5) is 26.2. The van der Waals surface area contributed by atoms with Gasteiger partial charge < -0.3 is 20.3 Å². The summed E-state index contributed by atoms with van der Waals surface area (Å²) in [5.41, 5.74) is 1.04. The van der Waals surface area contributed by atoms with Crippen LogP contribution in [0.2, 0.25) is 5.02 Å². The number of nitrogens with one attached hydrogen (secondary N) is 2. The maximum Gasteiger partial charge on any atom is 0.407 e. The van der Waals surface area contributed by atoms with Gasteiger partial charge in [0.25, 0.3) is 0 Å². The SMILES string of the molecule is Cc1cc(Br)c(Cl)cc1NC(=O)N1CCCC(NC(=O)OC(C)(C)C)C1. The van der Waals surface area contributed by atoms with E-state index in [0.29, 0.717) is 23.8 Å². The predicted molar refractivity (Wildman–Crippen MR) is 107 cm³/mol. The van der Waals surface area contributed by atoms with Crippen LogP contribution in [0.4, 0.5) is 15.3 Å². The minimum absolute atomic E-state index is 0.126. The normalized spacial score (nSPS) is 17.6. The zero-order valence-electron chi connectivity index (χ0n) is 15.5. The van der Waals surface area contributed by atoms with Gasteiger partial charge in [-0.05, 0) is 74.2 Å². The molecule has 144 valence electrons. The van der Waals surface area contributed by atoms with Crippen LogP contribution in [0.3, 0.4) is 0 Å². The molecule has 1 aliphatic rings. The zero-order chi connectivity index (χ0) is 19.5. The number of aryl methyl sites for hydroxylation is 1. The van der Waals surface area contributed by atoms with Crippen LogP contribution in [0.25, 0.3) is 0 Å². The van der Waals surface area contributed by atoms with Gasteiger partial charge in [-0.25, -0.2) is 9.59 Å². The minimum atomic E-state index is -0.547. The number of benzene rings is 1. The molecule has 0 aromatic heterocycles. The van der Waals surface area contributed by atoms with Crippen LogP contribution in [-0.2, 0) is 4.74 Å². The van der Waals surface area contributed by atoms with Crippen LogP contribution in [-0.4, -0.2) is 41.8 Å². The van der Waals surface area contributed by atoms with Crippen LogP contribution in [0.15, 0.2) is 16.6 Å². The Morgan fingerprint density at radius 1 is 1.35 bits per heavy atom. The molecule has 1 atom stereocenters. The van der Waals surface area contributed by atoms with Crippen LogP contribution in [0.1, 0.15) is 39.2 Å². The number of hydrogen-bond donors (Lipinski definition) is 2. The molecule has 2 rings (SSSR count). The fraction of sp³-hybridized carbons (Fsp3) is 0.556. The zero-order valence-corrected chi connectivity index (χ0v) is 17.8. The molecule has 0 aliphatic carbocycles. The van der Waals surface area contributed by atoms with Gasteiger partial charge in [-0.3, -0.25) is 0 Å². The maximum absolute atomic E-state index is 12.6. The van der Waals surface area contributed by atoms with E-state index in [0.717, 1.165) is 22.9 Å². The largest absolute Gasteiger partial charge is 0.444 e. The number of hydrogen-bond acceptors (Lipinski definition) is 3. The van der Waals surface area contributed by atoms with E-state index < -0.39 is 11.7 Å². The number of carbonyl (C=O) groups is 2. The molecule has 0 spiro atoms. The van der Waals surface area contributed by atoms with Crippen molar-refractivity contribution < 1.29 is 14.3 Å². The Morgan fingerprint density at radius 2 is 2.04 bits per heavy atom. The second kappa shape index (κ2) is 8.48. The van der Waals surface area contributed by atoms with Crippen molar-refractivity contribution in [1.29, 1.82) is 0 Å². The van der Waals surface area contributed by atoms with Gasteiger partial charge in [0.05, 0.1) is 5.02 Å². The van der Waals surface area contributed by atoms with Gasteiger partial charge in [0, 0.05) is 29.3 Å². The van der Waals surface area contributed by atoms with E-state index in [9.17, 15) is 9.59 Å². The Hall–Kier alpha value is -1.47. The van der Waals surface area contributed by atoms with Crippen molar-refractivity contribution in [1.82, 2.24) is 10.2 Å². The summed E-state index contributed by atoms with van der Waals surface area (Å²) in [5, 5.41) is 6.28. The summed E-state index contributed by atoms with van der Waals surface area (Å²) in [7, 11) is 0. The van der Waals surface area contributed by atoms with Crippen LogP contribution < -0.4 is 10.6 Å². The quantitative estimate of drug-likeness (QED) is 0.676. The monoisotopic (exact) mass is 445 g/mol. The first kappa shape index (κ1) is 20.8. The number of halogens is 2. The number of likely N-dealkylation sites (tertiary alicyclic amines) is 1. The van der Waals surface area contributed by atoms with E-state index in [4.69, 9.17) is 16.3 Å². The van der Waals surface area contributed by atoms with Gasteiger partial charge in [0.15, 0.2) is 0 Å². The average molecular weight is 447 g/mol. The lowest BCUT2D eigenvalue weighted by atomic mass is 10.1. The molecule has 2 N–H and O–H groups in total. The number of carbonyl (C=O) groups excluding carboxylic acids is 2. The number of urea groups is 1. The molecule has 6 nitrogen and oxygen atoms in total. The Balaban J connectivity index is 1.95. The molecule has 1 fully saturated rings. The van der Waals surface area contributed by atoms with E-state index in [1.807, 2.05) is 33.8 Å². The van der Waals surface area contributed by atoms with Crippen molar-refractivity contribution in [2.24, 2.45) is 0 Å². The average Bonchev–Trinajstić information content (AvgIpc) is 2.50. The third-order valence-electron chi connectivity index (χ3n) is 3.94. The number of alkyl carbamates (subject to hydrolysis) is 1. The lowest BCUT2D eigenvalue weighted by Crippen LogP contribution is -2.51. The third-order valence-corrected chi connectivity index (χ3v) is 5.14. The van der Waals surface area contributed by atoms with Gasteiger partial charge in [0.2, 0.25) is 0 Å². The highest BCUT2D eigenvalue weighted by Crippen LogP contribution is 2.29. The molecule has 1 aromatic carbocycles. The molecule has 1 aliphatic heterocycles. The van der Waals surface area contributed by atoms with Crippen molar-refractivity contribution in [3.05, 3.63) is 27.2 Å². The molecule has 1 saturated heterocycles. The Bertz CT molecular complexity index is 691. The van der Waals surface area contributed by atoms with Gasteiger partial charge in [-0.1, -0.05) is 11.6 Å². The van der Waals surface area contributed by atoms with E-state index in [-0.39, 0.29) is 12.1 Å². The van der Waals surface area contributed by atoms with E-state index in [1.165, 1.54) is 0 Å². The minimum Gasteiger partial charge on any atom is -0.444 e. The molecule has 1 heterocycles. The molecular weight excluding hydrogens is 422 g/mol. The van der Waals surface area contributed by atoms with Gasteiger partial charge in [-0.15, -0.1) is 0 Å². The van der Waals surface area contributed by atoms with E-state index in [1.54, 1.807) is 11.0 Å². The molecule has 3 amide bonds. The molecule has 0 radical (unpaired) electrons. The first-order valence-corrected chi connectivity index (χ1v) is 9.73. The molecule has 8 heteroatoms. The summed E-state index contributed by atoms with van der Waals surface area (Å²) in [6.45, 7) is 8.44. The summed E-state index contributed by atoms with van der Waals surface area (Å²) in [5.74, 6) is 0. The number of anilines is 1. The first-order valence-electron chi connectivity index (χ1n) is 8.56. The number of rotatable bonds is 2. The smallest absolute Gasteiger partial charge is 0.407 e. The van der Waals surface area contributed by atoms with Crippen molar-refractivity contribution >= 4 is 45.3 Å². The van der Waals surface area contributed by atoms with Crippen molar-refractivity contribution in [3.63, 3.8) is 0 Å². The maximum atomic E-state index is 12.6. The fourth-order valence-electron chi connectivity index (χ4n) is 2.73. The molecule has 1 unspecified atom stereocenters. The molecule has 26 heavy (non-hydrogen) atoms. The predicted octanol–water partition coefficient (Wildman–Crippen LogP) is 4.93. The van der Waals surface area contributed by atoms with Crippen molar-refractivity contribution in [2.75, 3.05) is 18.4 Å². The first-order chi connectivity index (χ1) is 12.0. The highest BCUT2D eigenvalue weighted by atomic mass is 79.9. The molecular formula is C18H25BrClN3O3. The number of piperidine rings is 1. The van der Waals surface area contributed by atoms with Crippen molar-refractivity contribution in [3.8, 4) is 0 Å². The number of amides is 3. The van der Waals surface area contributed by atoms with Gasteiger partial charge in [0.1, 0.15) is 5.60 Å². The summed E-state index contributed by atoms with van der Waals surface area (Å²) in [6, 6.07) is 3.25. The second-order valence-electron chi connectivity index (χ2n) is 7.44.